The highest BCUT2D eigenvalue weighted by Gasteiger charge is 2.22. The summed E-state index contributed by atoms with van der Waals surface area (Å²) in [6.07, 6.45) is 1.21. The Morgan fingerprint density at radius 2 is 1.91 bits per heavy atom. The summed E-state index contributed by atoms with van der Waals surface area (Å²) >= 11 is 0. The number of nitrogens with one attached hydrogen (secondary N) is 1. The fourth-order valence-corrected chi connectivity index (χ4v) is 2.42. The van der Waals surface area contributed by atoms with Gasteiger partial charge in [0.05, 0.1) is 5.56 Å². The van der Waals surface area contributed by atoms with Gasteiger partial charge in [0.15, 0.2) is 0 Å². The first-order chi connectivity index (χ1) is 10.7. The molecule has 1 heterocycles. The maximum Gasteiger partial charge on any atom is 0.257 e. The SMILES string of the molecule is CCC(C)NC(=O)CCN(CC(C)C)C(=O)c1cc(C)oc1C. The molecule has 0 aliphatic carbocycles. The maximum absolute atomic E-state index is 12.7. The minimum absolute atomic E-state index is 0.0130. The molecule has 0 spiro atoms. The number of furan rings is 1. The summed E-state index contributed by atoms with van der Waals surface area (Å²) in [4.78, 5) is 26.5. The summed E-state index contributed by atoms with van der Waals surface area (Å²) in [5, 5.41) is 2.94. The van der Waals surface area contributed by atoms with Crippen molar-refractivity contribution in [3.8, 4) is 0 Å². The highest BCUT2D eigenvalue weighted by molar-refractivity contribution is 5.95. The van der Waals surface area contributed by atoms with Crippen molar-refractivity contribution < 1.29 is 14.0 Å². The van der Waals surface area contributed by atoms with E-state index in [4.69, 9.17) is 4.42 Å². The van der Waals surface area contributed by atoms with Crippen molar-refractivity contribution in [1.82, 2.24) is 10.2 Å². The highest BCUT2D eigenvalue weighted by atomic mass is 16.3. The molecule has 1 N–H and O–H groups in total. The van der Waals surface area contributed by atoms with Crippen LogP contribution in [0.3, 0.4) is 0 Å². The molecule has 130 valence electrons. The van der Waals surface area contributed by atoms with Crippen molar-refractivity contribution in [2.45, 2.75) is 60.4 Å². The third kappa shape index (κ3) is 6.08. The normalized spacial score (nSPS) is 12.3. The van der Waals surface area contributed by atoms with E-state index in [1.165, 1.54) is 0 Å². The Morgan fingerprint density at radius 1 is 1.26 bits per heavy atom. The van der Waals surface area contributed by atoms with E-state index < -0.39 is 0 Å². The molecule has 1 unspecified atom stereocenters. The van der Waals surface area contributed by atoms with Gasteiger partial charge in [-0.05, 0) is 39.2 Å². The predicted molar refractivity (Wildman–Crippen MR) is 91.4 cm³/mol. The molecule has 0 saturated heterocycles. The van der Waals surface area contributed by atoms with E-state index in [9.17, 15) is 9.59 Å². The molecule has 0 fully saturated rings. The van der Waals surface area contributed by atoms with Crippen LogP contribution in [0.1, 0.15) is 62.4 Å². The number of rotatable bonds is 8. The zero-order chi connectivity index (χ0) is 17.6. The minimum Gasteiger partial charge on any atom is -0.466 e. The number of hydrogen-bond acceptors (Lipinski definition) is 3. The van der Waals surface area contributed by atoms with E-state index >= 15 is 0 Å². The van der Waals surface area contributed by atoms with E-state index in [0.29, 0.717) is 36.8 Å². The van der Waals surface area contributed by atoms with Gasteiger partial charge in [0.25, 0.3) is 5.91 Å². The standard InChI is InChI=1S/C18H30N2O3/c1-7-13(4)19-17(21)8-9-20(11-12(2)3)18(22)16-10-14(5)23-15(16)6/h10,12-13H,7-9,11H2,1-6H3,(H,19,21). The molecule has 23 heavy (non-hydrogen) atoms. The highest BCUT2D eigenvalue weighted by Crippen LogP contribution is 2.17. The quantitative estimate of drug-likeness (QED) is 0.799. The van der Waals surface area contributed by atoms with Gasteiger partial charge in [-0.25, -0.2) is 0 Å². The summed E-state index contributed by atoms with van der Waals surface area (Å²) in [5.74, 6) is 1.62. The molecule has 1 rings (SSSR count). The Bertz CT molecular complexity index is 534. The number of carbonyl (C=O) groups is 2. The second-order valence-electron chi connectivity index (χ2n) is 6.60. The van der Waals surface area contributed by atoms with Gasteiger partial charge in [-0.3, -0.25) is 9.59 Å². The Kier molecular flexibility index (Phi) is 7.33. The second kappa shape index (κ2) is 8.75. The number of carbonyl (C=O) groups excluding carboxylic acids is 2. The lowest BCUT2D eigenvalue weighted by Crippen LogP contribution is -2.39. The van der Waals surface area contributed by atoms with Gasteiger partial charge < -0.3 is 14.6 Å². The number of aryl methyl sites for hydroxylation is 2. The molecular weight excluding hydrogens is 292 g/mol. The van der Waals surface area contributed by atoms with Crippen LogP contribution in [0.15, 0.2) is 10.5 Å². The molecule has 5 heteroatoms. The molecule has 1 aromatic rings. The van der Waals surface area contributed by atoms with Gasteiger partial charge in [-0.15, -0.1) is 0 Å². The zero-order valence-corrected chi connectivity index (χ0v) is 15.2. The average molecular weight is 322 g/mol. The molecule has 5 nitrogen and oxygen atoms in total. The van der Waals surface area contributed by atoms with E-state index in [1.807, 2.05) is 20.8 Å². The first kappa shape index (κ1) is 19.3. The van der Waals surface area contributed by atoms with E-state index in [2.05, 4.69) is 19.2 Å². The molecule has 2 amide bonds. The maximum atomic E-state index is 12.7. The van der Waals surface area contributed by atoms with Crippen LogP contribution in [0.5, 0.6) is 0 Å². The number of nitrogens with zero attached hydrogens (tertiary/aromatic N) is 1. The molecule has 0 aromatic carbocycles. The van der Waals surface area contributed by atoms with Gasteiger partial charge in [-0.2, -0.15) is 0 Å². The smallest absolute Gasteiger partial charge is 0.257 e. The van der Waals surface area contributed by atoms with Gasteiger partial charge in [0.1, 0.15) is 11.5 Å². The van der Waals surface area contributed by atoms with Crippen LogP contribution in [0, 0.1) is 19.8 Å². The van der Waals surface area contributed by atoms with Crippen LogP contribution >= 0.6 is 0 Å². The van der Waals surface area contributed by atoms with E-state index in [1.54, 1.807) is 17.9 Å². The van der Waals surface area contributed by atoms with Gasteiger partial charge >= 0.3 is 0 Å². The summed E-state index contributed by atoms with van der Waals surface area (Å²) in [5.41, 5.74) is 0.588. The third-order valence-corrected chi connectivity index (χ3v) is 3.77. The molecule has 1 aromatic heterocycles. The predicted octanol–water partition coefficient (Wildman–Crippen LogP) is 3.30. The van der Waals surface area contributed by atoms with Crippen LogP contribution in [-0.4, -0.2) is 35.8 Å². The Labute approximate surface area is 139 Å². The molecule has 0 saturated carbocycles. The van der Waals surface area contributed by atoms with Gasteiger partial charge in [-0.1, -0.05) is 20.8 Å². The second-order valence-corrected chi connectivity index (χ2v) is 6.60. The lowest BCUT2D eigenvalue weighted by Gasteiger charge is -2.24. The van der Waals surface area contributed by atoms with Crippen LogP contribution < -0.4 is 5.32 Å². The third-order valence-electron chi connectivity index (χ3n) is 3.77. The molecular formula is C18H30N2O3. The van der Waals surface area contributed by atoms with Crippen molar-refractivity contribution in [3.63, 3.8) is 0 Å². The minimum atomic E-state index is -0.0654. The molecule has 0 bridgehead atoms. The zero-order valence-electron chi connectivity index (χ0n) is 15.2. The summed E-state index contributed by atoms with van der Waals surface area (Å²) in [6, 6.07) is 1.93. The fourth-order valence-electron chi connectivity index (χ4n) is 2.42. The lowest BCUT2D eigenvalue weighted by molar-refractivity contribution is -0.121. The first-order valence-electron chi connectivity index (χ1n) is 8.40. The van der Waals surface area contributed by atoms with Crippen LogP contribution in [0.4, 0.5) is 0 Å². The molecule has 0 radical (unpaired) electrons. The van der Waals surface area contributed by atoms with E-state index in [-0.39, 0.29) is 17.9 Å². The van der Waals surface area contributed by atoms with Crippen molar-refractivity contribution in [3.05, 3.63) is 23.2 Å². The van der Waals surface area contributed by atoms with Crippen LogP contribution in [0.25, 0.3) is 0 Å². The summed E-state index contributed by atoms with van der Waals surface area (Å²) in [6.45, 7) is 12.8. The topological polar surface area (TPSA) is 62.6 Å². The fraction of sp³-hybridized carbons (Fsp3) is 0.667. The Morgan fingerprint density at radius 3 is 2.39 bits per heavy atom. The van der Waals surface area contributed by atoms with Crippen LogP contribution in [-0.2, 0) is 4.79 Å². The summed E-state index contributed by atoms with van der Waals surface area (Å²) < 4.78 is 5.46. The molecule has 0 aliphatic heterocycles. The molecule has 0 aliphatic rings. The Hall–Kier alpha value is -1.78. The average Bonchev–Trinajstić information content (AvgIpc) is 2.80. The van der Waals surface area contributed by atoms with Crippen molar-refractivity contribution in [1.29, 1.82) is 0 Å². The van der Waals surface area contributed by atoms with E-state index in [0.717, 1.165) is 12.2 Å². The monoisotopic (exact) mass is 322 g/mol. The first-order valence-corrected chi connectivity index (χ1v) is 8.40. The van der Waals surface area contributed by atoms with Gasteiger partial charge in [0.2, 0.25) is 5.91 Å². The summed E-state index contributed by atoms with van der Waals surface area (Å²) in [7, 11) is 0. The number of amides is 2. The van der Waals surface area contributed by atoms with Gasteiger partial charge in [0, 0.05) is 25.6 Å². The Balaban J connectivity index is 2.74. The van der Waals surface area contributed by atoms with Crippen molar-refractivity contribution in [2.24, 2.45) is 5.92 Å². The number of hydrogen-bond donors (Lipinski definition) is 1. The van der Waals surface area contributed by atoms with Crippen molar-refractivity contribution in [2.75, 3.05) is 13.1 Å². The lowest BCUT2D eigenvalue weighted by atomic mass is 10.1. The van der Waals surface area contributed by atoms with Crippen LogP contribution in [0.2, 0.25) is 0 Å². The largest absolute Gasteiger partial charge is 0.466 e. The van der Waals surface area contributed by atoms with Crippen molar-refractivity contribution >= 4 is 11.8 Å². The molecule has 1 atom stereocenters.